The highest BCUT2D eigenvalue weighted by Gasteiger charge is 2.26. The second-order valence-electron chi connectivity index (χ2n) is 7.48. The second kappa shape index (κ2) is 6.68. The van der Waals surface area contributed by atoms with E-state index in [0.717, 1.165) is 36.8 Å². The summed E-state index contributed by atoms with van der Waals surface area (Å²) >= 11 is 0. The average Bonchev–Trinajstić information content (AvgIpc) is 3.44. The van der Waals surface area contributed by atoms with Crippen LogP contribution in [-0.2, 0) is 23.0 Å². The SMILES string of the molecule is CN(c1ccc(S(N)(=O)=O)cc1)c1ccc2c(c1)CN(CC1CC1)CC2. The van der Waals surface area contributed by atoms with E-state index >= 15 is 0 Å². The zero-order valence-electron chi connectivity index (χ0n) is 15.1. The molecule has 138 valence electrons. The van der Waals surface area contributed by atoms with Crippen molar-refractivity contribution in [3.63, 3.8) is 0 Å². The fourth-order valence-corrected chi connectivity index (χ4v) is 4.16. The molecule has 4 rings (SSSR count). The monoisotopic (exact) mass is 371 g/mol. The normalized spacial score (nSPS) is 17.8. The smallest absolute Gasteiger partial charge is 0.238 e. The molecule has 0 saturated heterocycles. The molecule has 1 heterocycles. The van der Waals surface area contributed by atoms with E-state index < -0.39 is 10.0 Å². The summed E-state index contributed by atoms with van der Waals surface area (Å²) in [6.07, 6.45) is 3.90. The van der Waals surface area contributed by atoms with Gasteiger partial charge in [0.25, 0.3) is 0 Å². The summed E-state index contributed by atoms with van der Waals surface area (Å²) in [6, 6.07) is 13.3. The van der Waals surface area contributed by atoms with Gasteiger partial charge in [-0.25, -0.2) is 13.6 Å². The third-order valence-corrected chi connectivity index (χ3v) is 6.36. The van der Waals surface area contributed by atoms with E-state index in [1.807, 2.05) is 7.05 Å². The third kappa shape index (κ3) is 3.77. The number of anilines is 2. The predicted molar refractivity (Wildman–Crippen MR) is 104 cm³/mol. The molecule has 0 bridgehead atoms. The fraction of sp³-hybridized carbons (Fsp3) is 0.400. The number of sulfonamides is 1. The maximum Gasteiger partial charge on any atom is 0.238 e. The van der Waals surface area contributed by atoms with Crippen molar-refractivity contribution in [3.05, 3.63) is 53.6 Å². The molecular weight excluding hydrogens is 346 g/mol. The second-order valence-corrected chi connectivity index (χ2v) is 9.04. The van der Waals surface area contributed by atoms with Gasteiger partial charge in [0, 0.05) is 38.1 Å². The molecule has 0 atom stereocenters. The summed E-state index contributed by atoms with van der Waals surface area (Å²) in [6.45, 7) is 3.42. The zero-order chi connectivity index (χ0) is 18.3. The van der Waals surface area contributed by atoms with Crippen LogP contribution in [0.5, 0.6) is 0 Å². The lowest BCUT2D eigenvalue weighted by Gasteiger charge is -2.30. The van der Waals surface area contributed by atoms with Crippen LogP contribution in [0, 0.1) is 5.92 Å². The molecule has 0 radical (unpaired) electrons. The summed E-state index contributed by atoms with van der Waals surface area (Å²) in [5, 5.41) is 5.18. The van der Waals surface area contributed by atoms with E-state index in [-0.39, 0.29) is 4.90 Å². The van der Waals surface area contributed by atoms with E-state index in [2.05, 4.69) is 28.0 Å². The number of benzene rings is 2. The number of fused-ring (bicyclic) bond motifs is 1. The zero-order valence-corrected chi connectivity index (χ0v) is 15.9. The maximum atomic E-state index is 11.4. The van der Waals surface area contributed by atoms with Gasteiger partial charge in [-0.1, -0.05) is 6.07 Å². The van der Waals surface area contributed by atoms with E-state index in [1.54, 1.807) is 24.3 Å². The minimum absolute atomic E-state index is 0.135. The van der Waals surface area contributed by atoms with Gasteiger partial charge < -0.3 is 4.90 Å². The highest BCUT2D eigenvalue weighted by atomic mass is 32.2. The summed E-state index contributed by atoms with van der Waals surface area (Å²) in [5.41, 5.74) is 4.89. The molecule has 5 nitrogen and oxygen atoms in total. The van der Waals surface area contributed by atoms with Crippen molar-refractivity contribution in [1.82, 2.24) is 4.90 Å². The lowest BCUT2D eigenvalue weighted by Crippen LogP contribution is -2.32. The van der Waals surface area contributed by atoms with Crippen LogP contribution in [0.1, 0.15) is 24.0 Å². The molecule has 0 amide bonds. The molecule has 2 aromatic rings. The Bertz CT molecular complexity index is 905. The van der Waals surface area contributed by atoms with Crippen molar-refractivity contribution in [2.24, 2.45) is 11.1 Å². The molecule has 1 saturated carbocycles. The summed E-state index contributed by atoms with van der Waals surface area (Å²) in [5.74, 6) is 0.916. The van der Waals surface area contributed by atoms with Gasteiger partial charge in [0.2, 0.25) is 10.0 Å². The van der Waals surface area contributed by atoms with Crippen LogP contribution in [0.2, 0.25) is 0 Å². The Morgan fingerprint density at radius 2 is 1.77 bits per heavy atom. The van der Waals surface area contributed by atoms with Gasteiger partial charge >= 0.3 is 0 Å². The van der Waals surface area contributed by atoms with Crippen LogP contribution in [0.4, 0.5) is 11.4 Å². The minimum Gasteiger partial charge on any atom is -0.345 e. The molecule has 2 N–H and O–H groups in total. The van der Waals surface area contributed by atoms with E-state index in [9.17, 15) is 8.42 Å². The summed E-state index contributed by atoms with van der Waals surface area (Å²) < 4.78 is 22.8. The lowest BCUT2D eigenvalue weighted by molar-refractivity contribution is 0.244. The van der Waals surface area contributed by atoms with Gasteiger partial charge in [0.1, 0.15) is 0 Å². The van der Waals surface area contributed by atoms with Crippen LogP contribution in [0.25, 0.3) is 0 Å². The van der Waals surface area contributed by atoms with Gasteiger partial charge in [-0.3, -0.25) is 4.90 Å². The lowest BCUT2D eigenvalue weighted by atomic mass is 9.98. The molecular formula is C20H25N3O2S. The van der Waals surface area contributed by atoms with Crippen LogP contribution >= 0.6 is 0 Å². The number of nitrogens with zero attached hydrogens (tertiary/aromatic N) is 2. The summed E-state index contributed by atoms with van der Waals surface area (Å²) in [7, 11) is -1.66. The van der Waals surface area contributed by atoms with Crippen molar-refractivity contribution < 1.29 is 8.42 Å². The first kappa shape index (κ1) is 17.5. The summed E-state index contributed by atoms with van der Waals surface area (Å²) in [4.78, 5) is 4.79. The van der Waals surface area contributed by atoms with Crippen molar-refractivity contribution in [2.75, 3.05) is 25.0 Å². The van der Waals surface area contributed by atoms with E-state index in [1.165, 1.54) is 30.5 Å². The Labute approximate surface area is 155 Å². The quantitative estimate of drug-likeness (QED) is 0.878. The molecule has 1 fully saturated rings. The highest BCUT2D eigenvalue weighted by molar-refractivity contribution is 7.89. The van der Waals surface area contributed by atoms with E-state index in [4.69, 9.17) is 5.14 Å². The Hall–Kier alpha value is -1.89. The molecule has 26 heavy (non-hydrogen) atoms. The number of primary sulfonamides is 1. The first-order valence-electron chi connectivity index (χ1n) is 9.11. The third-order valence-electron chi connectivity index (χ3n) is 5.43. The first-order valence-corrected chi connectivity index (χ1v) is 10.7. The molecule has 1 aliphatic heterocycles. The van der Waals surface area contributed by atoms with Gasteiger partial charge in [-0.2, -0.15) is 0 Å². The number of nitrogens with two attached hydrogens (primary N) is 1. The first-order chi connectivity index (χ1) is 12.4. The van der Waals surface area contributed by atoms with Crippen LogP contribution in [0.15, 0.2) is 47.4 Å². The Morgan fingerprint density at radius 1 is 1.08 bits per heavy atom. The minimum atomic E-state index is -3.66. The Morgan fingerprint density at radius 3 is 2.42 bits per heavy atom. The largest absolute Gasteiger partial charge is 0.345 e. The van der Waals surface area contributed by atoms with Crippen molar-refractivity contribution in [2.45, 2.75) is 30.7 Å². The van der Waals surface area contributed by atoms with Crippen molar-refractivity contribution in [3.8, 4) is 0 Å². The molecule has 0 aromatic heterocycles. The average molecular weight is 372 g/mol. The number of hydrogen-bond acceptors (Lipinski definition) is 4. The molecule has 2 aromatic carbocycles. The van der Waals surface area contributed by atoms with Crippen LogP contribution in [0.3, 0.4) is 0 Å². The maximum absolute atomic E-state index is 11.4. The Balaban J connectivity index is 1.54. The van der Waals surface area contributed by atoms with Gasteiger partial charge in [-0.15, -0.1) is 0 Å². The van der Waals surface area contributed by atoms with Crippen LogP contribution < -0.4 is 10.0 Å². The molecule has 2 aliphatic rings. The van der Waals surface area contributed by atoms with E-state index in [0.29, 0.717) is 0 Å². The number of hydrogen-bond donors (Lipinski definition) is 1. The topological polar surface area (TPSA) is 66.6 Å². The van der Waals surface area contributed by atoms with Crippen molar-refractivity contribution >= 4 is 21.4 Å². The predicted octanol–water partition coefficient (Wildman–Crippen LogP) is 2.87. The van der Waals surface area contributed by atoms with Gasteiger partial charge in [0.05, 0.1) is 4.90 Å². The van der Waals surface area contributed by atoms with Gasteiger partial charge in [0.15, 0.2) is 0 Å². The van der Waals surface area contributed by atoms with Crippen molar-refractivity contribution in [1.29, 1.82) is 0 Å². The van der Waals surface area contributed by atoms with Crippen LogP contribution in [-0.4, -0.2) is 33.5 Å². The standard InChI is InChI=1S/C20H25N3O2S/c1-22(18-6-8-20(9-7-18)26(21,24)25)19-5-4-16-10-11-23(13-15-2-3-15)14-17(16)12-19/h4-9,12,15H,2-3,10-11,13-14H2,1H3,(H2,21,24,25). The van der Waals surface area contributed by atoms with Gasteiger partial charge in [-0.05, 0) is 72.7 Å². The Kier molecular flexibility index (Phi) is 4.50. The highest BCUT2D eigenvalue weighted by Crippen LogP contribution is 2.33. The number of rotatable bonds is 5. The molecule has 0 spiro atoms. The molecule has 1 aliphatic carbocycles. The molecule has 0 unspecified atom stereocenters. The fourth-order valence-electron chi connectivity index (χ4n) is 3.64. The molecule has 6 heteroatoms.